The van der Waals surface area contributed by atoms with Crippen molar-refractivity contribution in [1.82, 2.24) is 15.0 Å². The third-order valence-corrected chi connectivity index (χ3v) is 5.29. The molecule has 0 radical (unpaired) electrons. The Labute approximate surface area is 187 Å². The van der Waals surface area contributed by atoms with E-state index in [2.05, 4.69) is 32.5 Å². The van der Waals surface area contributed by atoms with Crippen LogP contribution in [0.4, 0.5) is 16.2 Å². The molecule has 0 fully saturated rings. The normalized spacial score (nSPS) is 12.9. The fraction of sp³-hybridized carbons (Fsp3) is 0.435. The maximum absolute atomic E-state index is 13.9. The molecule has 3 rings (SSSR count). The molecular weight excluding hydrogens is 413 g/mol. The molecular formula is C23H30FN5O3. The van der Waals surface area contributed by atoms with Crippen molar-refractivity contribution in [2.24, 2.45) is 0 Å². The van der Waals surface area contributed by atoms with Gasteiger partial charge in [0.1, 0.15) is 22.8 Å². The Kier molecular flexibility index (Phi) is 7.63. The average molecular weight is 444 g/mol. The second-order valence-corrected chi connectivity index (χ2v) is 7.90. The number of ether oxygens (including phenoxy) is 2. The zero-order valence-electron chi connectivity index (χ0n) is 18.9. The number of anilines is 2. The predicted octanol–water partition coefficient (Wildman–Crippen LogP) is 4.15. The number of nitrogens with zero attached hydrogens (tertiary/aromatic N) is 3. The van der Waals surface area contributed by atoms with Gasteiger partial charge in [-0.15, -0.1) is 0 Å². The first kappa shape index (κ1) is 23.5. The van der Waals surface area contributed by atoms with Gasteiger partial charge < -0.3 is 25.2 Å². The smallest absolute Gasteiger partial charge is 0.225 e. The van der Waals surface area contributed by atoms with Crippen molar-refractivity contribution in [3.8, 4) is 11.5 Å². The first-order valence-corrected chi connectivity index (χ1v) is 10.6. The summed E-state index contributed by atoms with van der Waals surface area (Å²) in [7, 11) is 3.19. The molecule has 0 unspecified atom stereocenters. The second-order valence-electron chi connectivity index (χ2n) is 7.90. The molecule has 0 bridgehead atoms. The lowest BCUT2D eigenvalue weighted by atomic mass is 9.96. The van der Waals surface area contributed by atoms with Gasteiger partial charge in [-0.2, -0.15) is 4.98 Å². The van der Waals surface area contributed by atoms with Crippen molar-refractivity contribution in [1.29, 1.82) is 0 Å². The van der Waals surface area contributed by atoms with Crippen molar-refractivity contribution in [3.63, 3.8) is 0 Å². The molecule has 0 aliphatic heterocycles. The molecule has 0 saturated heterocycles. The lowest BCUT2D eigenvalue weighted by molar-refractivity contribution is 0.212. The molecule has 0 spiro atoms. The van der Waals surface area contributed by atoms with Crippen LogP contribution in [-0.4, -0.2) is 46.4 Å². The van der Waals surface area contributed by atoms with Gasteiger partial charge in [-0.25, -0.2) is 14.4 Å². The van der Waals surface area contributed by atoms with E-state index in [1.54, 1.807) is 20.3 Å². The van der Waals surface area contributed by atoms with E-state index in [1.165, 1.54) is 6.07 Å². The molecule has 1 aromatic carbocycles. The number of rotatable bonds is 11. The maximum atomic E-state index is 13.9. The van der Waals surface area contributed by atoms with Crippen LogP contribution >= 0.6 is 0 Å². The minimum Gasteiger partial charge on any atom is -0.497 e. The molecule has 2 heterocycles. The Bertz CT molecular complexity index is 1070. The highest BCUT2D eigenvalue weighted by Crippen LogP contribution is 2.28. The monoisotopic (exact) mass is 443 g/mol. The first-order chi connectivity index (χ1) is 15.4. The van der Waals surface area contributed by atoms with Crippen molar-refractivity contribution < 1.29 is 19.0 Å². The SMILES string of the molecule is CCCC[C@](C)(CO)Nc1nc(NCc2ccc(OC)cc2OC)nc2cc(F)cnc12. The van der Waals surface area contributed by atoms with Crippen molar-refractivity contribution in [2.75, 3.05) is 31.5 Å². The summed E-state index contributed by atoms with van der Waals surface area (Å²) in [5.41, 5.74) is 1.09. The van der Waals surface area contributed by atoms with Gasteiger partial charge in [-0.3, -0.25) is 0 Å². The molecule has 172 valence electrons. The number of aliphatic hydroxyl groups excluding tert-OH is 1. The number of unbranched alkanes of at least 4 members (excludes halogenated alkanes) is 1. The number of nitrogens with one attached hydrogen (secondary N) is 2. The van der Waals surface area contributed by atoms with E-state index in [4.69, 9.17) is 9.47 Å². The number of fused-ring (bicyclic) bond motifs is 1. The van der Waals surface area contributed by atoms with Gasteiger partial charge in [0.25, 0.3) is 0 Å². The summed E-state index contributed by atoms with van der Waals surface area (Å²) in [6, 6.07) is 6.84. The third kappa shape index (κ3) is 5.53. The number of halogens is 1. The minimum atomic E-state index is -0.593. The van der Waals surface area contributed by atoms with Gasteiger partial charge in [0.05, 0.1) is 38.1 Å². The maximum Gasteiger partial charge on any atom is 0.225 e. The third-order valence-electron chi connectivity index (χ3n) is 5.29. The number of hydrogen-bond donors (Lipinski definition) is 3. The van der Waals surface area contributed by atoms with E-state index < -0.39 is 11.4 Å². The summed E-state index contributed by atoms with van der Waals surface area (Å²) in [5.74, 6) is 1.61. The molecule has 2 aromatic heterocycles. The Hall–Kier alpha value is -3.20. The van der Waals surface area contributed by atoms with Crippen LogP contribution in [0.3, 0.4) is 0 Å². The summed E-state index contributed by atoms with van der Waals surface area (Å²) in [4.78, 5) is 13.2. The van der Waals surface area contributed by atoms with Gasteiger partial charge in [0, 0.05) is 24.2 Å². The summed E-state index contributed by atoms with van der Waals surface area (Å²) in [6.45, 7) is 4.33. The van der Waals surface area contributed by atoms with Crippen LogP contribution in [0.15, 0.2) is 30.5 Å². The Balaban J connectivity index is 1.92. The fourth-order valence-electron chi connectivity index (χ4n) is 3.37. The van der Waals surface area contributed by atoms with Gasteiger partial charge in [-0.1, -0.05) is 19.8 Å². The fourth-order valence-corrected chi connectivity index (χ4v) is 3.37. The van der Waals surface area contributed by atoms with Crippen LogP contribution < -0.4 is 20.1 Å². The van der Waals surface area contributed by atoms with E-state index in [9.17, 15) is 9.50 Å². The van der Waals surface area contributed by atoms with E-state index in [0.29, 0.717) is 40.8 Å². The molecule has 0 aliphatic rings. The van der Waals surface area contributed by atoms with E-state index in [-0.39, 0.29) is 6.61 Å². The van der Waals surface area contributed by atoms with Gasteiger partial charge in [0.15, 0.2) is 5.82 Å². The van der Waals surface area contributed by atoms with Crippen molar-refractivity contribution in [2.45, 2.75) is 45.2 Å². The number of aliphatic hydroxyl groups is 1. The molecule has 1 atom stereocenters. The quantitative estimate of drug-likeness (QED) is 0.406. The lowest BCUT2D eigenvalue weighted by Gasteiger charge is -2.29. The van der Waals surface area contributed by atoms with Crippen LogP contribution in [0.2, 0.25) is 0 Å². The molecule has 8 nitrogen and oxygen atoms in total. The molecule has 3 N–H and O–H groups in total. The summed E-state index contributed by atoms with van der Waals surface area (Å²) in [5, 5.41) is 16.5. The minimum absolute atomic E-state index is 0.0779. The van der Waals surface area contributed by atoms with Crippen LogP contribution in [0.5, 0.6) is 11.5 Å². The first-order valence-electron chi connectivity index (χ1n) is 10.6. The zero-order chi connectivity index (χ0) is 23.1. The number of benzene rings is 1. The van der Waals surface area contributed by atoms with Gasteiger partial charge >= 0.3 is 0 Å². The highest BCUT2D eigenvalue weighted by Gasteiger charge is 2.25. The Morgan fingerprint density at radius 3 is 2.66 bits per heavy atom. The number of pyridine rings is 1. The largest absolute Gasteiger partial charge is 0.497 e. The van der Waals surface area contributed by atoms with Crippen LogP contribution in [0.1, 0.15) is 38.7 Å². The van der Waals surface area contributed by atoms with Crippen LogP contribution in [-0.2, 0) is 6.54 Å². The Morgan fingerprint density at radius 1 is 1.16 bits per heavy atom. The summed E-state index contributed by atoms with van der Waals surface area (Å²) >= 11 is 0. The Morgan fingerprint density at radius 2 is 1.97 bits per heavy atom. The van der Waals surface area contributed by atoms with E-state index >= 15 is 0 Å². The summed E-state index contributed by atoms with van der Waals surface area (Å²) in [6.07, 6.45) is 3.83. The van der Waals surface area contributed by atoms with Crippen LogP contribution in [0.25, 0.3) is 11.0 Å². The van der Waals surface area contributed by atoms with Gasteiger partial charge in [-0.05, 0) is 25.5 Å². The molecule has 32 heavy (non-hydrogen) atoms. The number of aromatic nitrogens is 3. The average Bonchev–Trinajstić information content (AvgIpc) is 2.81. The van der Waals surface area contributed by atoms with Crippen LogP contribution in [0, 0.1) is 5.82 Å². The second kappa shape index (κ2) is 10.4. The number of hydrogen-bond acceptors (Lipinski definition) is 8. The molecule has 3 aromatic rings. The molecule has 0 saturated carbocycles. The highest BCUT2D eigenvalue weighted by molar-refractivity contribution is 5.86. The highest BCUT2D eigenvalue weighted by atomic mass is 19.1. The van der Waals surface area contributed by atoms with E-state index in [0.717, 1.165) is 31.0 Å². The summed E-state index contributed by atoms with van der Waals surface area (Å²) < 4.78 is 24.5. The topological polar surface area (TPSA) is 101 Å². The van der Waals surface area contributed by atoms with E-state index in [1.807, 2.05) is 19.1 Å². The number of methoxy groups -OCH3 is 2. The molecule has 0 amide bonds. The molecule has 9 heteroatoms. The zero-order valence-corrected chi connectivity index (χ0v) is 18.9. The van der Waals surface area contributed by atoms with Gasteiger partial charge in [0.2, 0.25) is 5.95 Å². The van der Waals surface area contributed by atoms with Crippen molar-refractivity contribution in [3.05, 3.63) is 41.8 Å². The standard InChI is InChI=1S/C23H30FN5O3/c1-5-6-9-23(2,14-30)29-21-20-18(10-16(24)13-25-20)27-22(28-21)26-12-15-7-8-17(31-3)11-19(15)32-4/h7-8,10-11,13,30H,5-6,9,12,14H2,1-4H3,(H2,26,27,28,29)/t23-/m1/s1. The van der Waals surface area contributed by atoms with Crippen molar-refractivity contribution >= 4 is 22.8 Å². The lowest BCUT2D eigenvalue weighted by Crippen LogP contribution is -2.39. The molecule has 0 aliphatic carbocycles. The predicted molar refractivity (Wildman–Crippen MR) is 123 cm³/mol.